The van der Waals surface area contributed by atoms with Gasteiger partial charge in [-0.25, -0.2) is 0 Å². The molecule has 0 amide bonds. The van der Waals surface area contributed by atoms with Crippen LogP contribution >= 0.6 is 0 Å². The molecule has 1 saturated carbocycles. The quantitative estimate of drug-likeness (QED) is 0.770. The van der Waals surface area contributed by atoms with E-state index in [0.29, 0.717) is 0 Å². The highest BCUT2D eigenvalue weighted by Crippen LogP contribution is 2.49. The summed E-state index contributed by atoms with van der Waals surface area (Å²) >= 11 is 0. The van der Waals surface area contributed by atoms with Crippen molar-refractivity contribution in [2.75, 3.05) is 0 Å². The van der Waals surface area contributed by atoms with Gasteiger partial charge in [-0.15, -0.1) is 0 Å². The lowest BCUT2D eigenvalue weighted by Gasteiger charge is -2.39. The van der Waals surface area contributed by atoms with Crippen molar-refractivity contribution >= 4 is 0 Å². The van der Waals surface area contributed by atoms with E-state index in [4.69, 9.17) is 5.26 Å². The SMILES string of the molecule is N#CC1(C(O)c2cccnc2)CCC1. The standard InChI is InChI=1S/C11H12N2O/c12-8-11(4-2-5-11)10(14)9-3-1-6-13-7-9/h1,3,6-7,10,14H,2,4-5H2. The van der Waals surface area contributed by atoms with Crippen LogP contribution in [-0.4, -0.2) is 10.1 Å². The summed E-state index contributed by atoms with van der Waals surface area (Å²) in [5.41, 5.74) is 0.192. The number of nitriles is 1. The normalized spacial score (nSPS) is 20.6. The van der Waals surface area contributed by atoms with E-state index in [0.717, 1.165) is 24.8 Å². The van der Waals surface area contributed by atoms with Gasteiger partial charge >= 0.3 is 0 Å². The van der Waals surface area contributed by atoms with Crippen molar-refractivity contribution in [1.82, 2.24) is 4.98 Å². The fraction of sp³-hybridized carbons (Fsp3) is 0.455. The van der Waals surface area contributed by atoms with E-state index in [1.165, 1.54) is 0 Å². The van der Waals surface area contributed by atoms with Gasteiger partial charge in [-0.05, 0) is 18.9 Å². The molecule has 1 N–H and O–H groups in total. The Labute approximate surface area is 83.0 Å². The highest BCUT2D eigenvalue weighted by Gasteiger charge is 2.44. The van der Waals surface area contributed by atoms with Crippen LogP contribution in [0.3, 0.4) is 0 Å². The molecule has 1 aromatic heterocycles. The van der Waals surface area contributed by atoms with E-state index in [1.54, 1.807) is 18.5 Å². The van der Waals surface area contributed by atoms with Gasteiger partial charge in [0.15, 0.2) is 0 Å². The molecule has 3 heteroatoms. The van der Waals surface area contributed by atoms with Crippen molar-refractivity contribution in [2.45, 2.75) is 25.4 Å². The van der Waals surface area contributed by atoms with E-state index < -0.39 is 11.5 Å². The molecule has 1 aliphatic carbocycles. The average Bonchev–Trinajstić information content (AvgIpc) is 2.18. The highest BCUT2D eigenvalue weighted by molar-refractivity contribution is 5.21. The summed E-state index contributed by atoms with van der Waals surface area (Å²) in [5, 5.41) is 19.1. The second kappa shape index (κ2) is 3.39. The largest absolute Gasteiger partial charge is 0.387 e. The van der Waals surface area contributed by atoms with Crippen molar-refractivity contribution < 1.29 is 5.11 Å². The molecule has 0 saturated heterocycles. The van der Waals surface area contributed by atoms with Crippen molar-refractivity contribution in [3.63, 3.8) is 0 Å². The third kappa shape index (κ3) is 1.28. The molecule has 1 unspecified atom stereocenters. The van der Waals surface area contributed by atoms with Crippen molar-refractivity contribution in [1.29, 1.82) is 5.26 Å². The summed E-state index contributed by atoms with van der Waals surface area (Å²) in [6.45, 7) is 0. The van der Waals surface area contributed by atoms with Crippen molar-refractivity contribution in [3.05, 3.63) is 30.1 Å². The second-order valence-corrected chi connectivity index (χ2v) is 3.81. The Balaban J connectivity index is 2.24. The highest BCUT2D eigenvalue weighted by atomic mass is 16.3. The Morgan fingerprint density at radius 2 is 2.36 bits per heavy atom. The van der Waals surface area contributed by atoms with Crippen LogP contribution in [0.5, 0.6) is 0 Å². The summed E-state index contributed by atoms with van der Waals surface area (Å²) in [6.07, 6.45) is 5.22. The van der Waals surface area contributed by atoms with Gasteiger partial charge in [0.2, 0.25) is 0 Å². The second-order valence-electron chi connectivity index (χ2n) is 3.81. The predicted molar refractivity (Wildman–Crippen MR) is 51.1 cm³/mol. The molecule has 14 heavy (non-hydrogen) atoms. The van der Waals surface area contributed by atoms with E-state index in [-0.39, 0.29) is 0 Å². The summed E-state index contributed by atoms with van der Waals surface area (Å²) in [6, 6.07) is 5.83. The predicted octanol–water partition coefficient (Wildman–Crippen LogP) is 1.81. The Morgan fingerprint density at radius 3 is 2.79 bits per heavy atom. The first-order chi connectivity index (χ1) is 6.78. The zero-order valence-electron chi connectivity index (χ0n) is 7.85. The van der Waals surface area contributed by atoms with Crippen LogP contribution in [0.1, 0.15) is 30.9 Å². The maximum atomic E-state index is 10.0. The summed E-state index contributed by atoms with van der Waals surface area (Å²) in [7, 11) is 0. The van der Waals surface area contributed by atoms with Gasteiger partial charge in [-0.3, -0.25) is 4.98 Å². The number of pyridine rings is 1. The molecular formula is C11H12N2O. The van der Waals surface area contributed by atoms with Gasteiger partial charge in [0, 0.05) is 18.0 Å². The van der Waals surface area contributed by atoms with E-state index in [2.05, 4.69) is 11.1 Å². The van der Waals surface area contributed by atoms with Gasteiger partial charge in [0.1, 0.15) is 0 Å². The van der Waals surface area contributed by atoms with Crippen LogP contribution in [0, 0.1) is 16.7 Å². The van der Waals surface area contributed by atoms with E-state index >= 15 is 0 Å². The summed E-state index contributed by atoms with van der Waals surface area (Å²) in [5.74, 6) is 0. The van der Waals surface area contributed by atoms with Crippen LogP contribution in [0.2, 0.25) is 0 Å². The van der Waals surface area contributed by atoms with Crippen molar-refractivity contribution in [3.8, 4) is 6.07 Å². The first-order valence-electron chi connectivity index (χ1n) is 4.78. The Bertz CT molecular complexity index is 351. The van der Waals surface area contributed by atoms with Gasteiger partial charge in [-0.2, -0.15) is 5.26 Å². The smallest absolute Gasteiger partial charge is 0.0991 e. The molecular weight excluding hydrogens is 176 g/mol. The first kappa shape index (κ1) is 9.17. The fourth-order valence-electron chi connectivity index (χ4n) is 1.86. The number of rotatable bonds is 2. The summed E-state index contributed by atoms with van der Waals surface area (Å²) in [4.78, 5) is 3.94. The lowest BCUT2D eigenvalue weighted by Crippen LogP contribution is -2.34. The topological polar surface area (TPSA) is 56.9 Å². The molecule has 1 aromatic rings. The third-order valence-corrected chi connectivity index (χ3v) is 2.99. The molecule has 2 rings (SSSR count). The Hall–Kier alpha value is -1.40. The lowest BCUT2D eigenvalue weighted by molar-refractivity contribution is 0.00773. The third-order valence-electron chi connectivity index (χ3n) is 2.99. The van der Waals surface area contributed by atoms with Gasteiger partial charge in [0.25, 0.3) is 0 Å². The van der Waals surface area contributed by atoms with E-state index in [1.807, 2.05) is 6.07 Å². The molecule has 1 atom stereocenters. The summed E-state index contributed by atoms with van der Waals surface area (Å²) < 4.78 is 0. The molecule has 1 aliphatic rings. The number of nitrogens with zero attached hydrogens (tertiary/aromatic N) is 2. The molecule has 3 nitrogen and oxygen atoms in total. The Morgan fingerprint density at radius 1 is 1.57 bits per heavy atom. The molecule has 1 fully saturated rings. The monoisotopic (exact) mass is 188 g/mol. The lowest BCUT2D eigenvalue weighted by atomic mass is 9.65. The number of aliphatic hydroxyl groups excluding tert-OH is 1. The fourth-order valence-corrected chi connectivity index (χ4v) is 1.86. The zero-order chi connectivity index (χ0) is 10.0. The number of aromatic nitrogens is 1. The minimum atomic E-state index is -0.685. The van der Waals surface area contributed by atoms with Crippen molar-refractivity contribution in [2.24, 2.45) is 5.41 Å². The first-order valence-corrected chi connectivity index (χ1v) is 4.78. The van der Waals surface area contributed by atoms with Crippen LogP contribution < -0.4 is 0 Å². The molecule has 1 heterocycles. The van der Waals surface area contributed by atoms with Gasteiger partial charge in [-0.1, -0.05) is 12.5 Å². The zero-order valence-corrected chi connectivity index (χ0v) is 7.85. The minimum Gasteiger partial charge on any atom is -0.387 e. The van der Waals surface area contributed by atoms with Gasteiger partial charge in [0.05, 0.1) is 17.6 Å². The van der Waals surface area contributed by atoms with Crippen LogP contribution in [0.4, 0.5) is 0 Å². The van der Waals surface area contributed by atoms with Crippen LogP contribution in [-0.2, 0) is 0 Å². The maximum Gasteiger partial charge on any atom is 0.0991 e. The molecule has 0 bridgehead atoms. The van der Waals surface area contributed by atoms with Crippen LogP contribution in [0.15, 0.2) is 24.5 Å². The number of hydrogen-bond acceptors (Lipinski definition) is 3. The molecule has 0 aliphatic heterocycles. The molecule has 0 spiro atoms. The number of hydrogen-bond donors (Lipinski definition) is 1. The maximum absolute atomic E-state index is 10.0. The average molecular weight is 188 g/mol. The van der Waals surface area contributed by atoms with E-state index in [9.17, 15) is 5.11 Å². The molecule has 72 valence electrons. The Kier molecular flexibility index (Phi) is 2.22. The van der Waals surface area contributed by atoms with Gasteiger partial charge < -0.3 is 5.11 Å². The number of aliphatic hydroxyl groups is 1. The minimum absolute atomic E-state index is 0.553. The molecule has 0 radical (unpaired) electrons. The molecule has 0 aromatic carbocycles. The van der Waals surface area contributed by atoms with Crippen LogP contribution in [0.25, 0.3) is 0 Å².